The molecule has 0 saturated heterocycles. The molecule has 0 saturated carbocycles. The Morgan fingerprint density at radius 2 is 1.70 bits per heavy atom. The normalized spacial score (nSPS) is 12.3. The van der Waals surface area contributed by atoms with Crippen molar-refractivity contribution in [1.29, 1.82) is 0 Å². The van der Waals surface area contributed by atoms with Crippen LogP contribution in [0.3, 0.4) is 0 Å². The highest BCUT2D eigenvalue weighted by molar-refractivity contribution is 6.00. The van der Waals surface area contributed by atoms with Gasteiger partial charge in [-0.25, -0.2) is 4.79 Å². The summed E-state index contributed by atoms with van der Waals surface area (Å²) in [5, 5.41) is 4.45. The largest absolute Gasteiger partial charge is 0.478 e. The van der Waals surface area contributed by atoms with Crippen molar-refractivity contribution in [3.63, 3.8) is 0 Å². The van der Waals surface area contributed by atoms with Gasteiger partial charge in [0.2, 0.25) is 0 Å². The minimum atomic E-state index is -0.568. The highest BCUT2D eigenvalue weighted by Gasteiger charge is 2.21. The Morgan fingerprint density at radius 3 is 2.39 bits per heavy atom. The number of benzene rings is 3. The van der Waals surface area contributed by atoms with Gasteiger partial charge in [-0.3, -0.25) is 0 Å². The smallest absolute Gasteiger partial charge is 0.347 e. The number of fused-ring (bicyclic) bond motifs is 2. The number of methoxy groups -OCH3 is 1. The minimum Gasteiger partial charge on any atom is -0.478 e. The molecule has 0 aliphatic carbocycles. The highest BCUT2D eigenvalue weighted by atomic mass is 16.6. The van der Waals surface area contributed by atoms with Gasteiger partial charge in [0.05, 0.1) is 7.11 Å². The summed E-state index contributed by atoms with van der Waals surface area (Å²) in [6, 6.07) is 18.4. The zero-order valence-corrected chi connectivity index (χ0v) is 13.4. The van der Waals surface area contributed by atoms with Crippen LogP contribution in [0.5, 0.6) is 5.75 Å². The van der Waals surface area contributed by atoms with E-state index in [0.29, 0.717) is 6.42 Å². The molecule has 3 aromatic carbocycles. The fourth-order valence-electron chi connectivity index (χ4n) is 2.81. The Hall–Kier alpha value is -2.55. The van der Waals surface area contributed by atoms with Crippen molar-refractivity contribution < 1.29 is 14.3 Å². The molecule has 3 nitrogen and oxygen atoms in total. The second kappa shape index (κ2) is 6.69. The molecular formula is C20H20O3. The fourth-order valence-corrected chi connectivity index (χ4v) is 2.81. The number of carbonyl (C=O) groups excluding carboxylic acids is 1. The molecule has 118 valence electrons. The summed E-state index contributed by atoms with van der Waals surface area (Å²) < 4.78 is 10.9. The molecule has 23 heavy (non-hydrogen) atoms. The van der Waals surface area contributed by atoms with E-state index in [1.54, 1.807) is 0 Å². The lowest BCUT2D eigenvalue weighted by atomic mass is 10.0. The first-order chi connectivity index (χ1) is 11.2. The van der Waals surface area contributed by atoms with Crippen molar-refractivity contribution in [2.75, 3.05) is 7.11 Å². The van der Waals surface area contributed by atoms with Gasteiger partial charge in [0, 0.05) is 5.39 Å². The molecule has 0 aromatic heterocycles. The van der Waals surface area contributed by atoms with Crippen molar-refractivity contribution in [3.05, 3.63) is 54.6 Å². The molecule has 0 heterocycles. The van der Waals surface area contributed by atoms with E-state index >= 15 is 0 Å². The minimum absolute atomic E-state index is 0.329. The van der Waals surface area contributed by atoms with Crippen LogP contribution in [-0.4, -0.2) is 19.2 Å². The average molecular weight is 308 g/mol. The number of ether oxygens (including phenoxy) is 2. The Bertz CT molecular complexity index is 839. The molecule has 0 N–H and O–H groups in total. The lowest BCUT2D eigenvalue weighted by molar-refractivity contribution is -0.149. The van der Waals surface area contributed by atoms with Crippen LogP contribution >= 0.6 is 0 Å². The highest BCUT2D eigenvalue weighted by Crippen LogP contribution is 2.31. The Kier molecular flexibility index (Phi) is 4.47. The molecule has 0 aliphatic heterocycles. The van der Waals surface area contributed by atoms with E-state index in [0.717, 1.165) is 28.3 Å². The molecule has 3 rings (SSSR count). The zero-order valence-electron chi connectivity index (χ0n) is 13.4. The zero-order chi connectivity index (χ0) is 16.2. The fraction of sp³-hybridized carbons (Fsp3) is 0.250. The Balaban J connectivity index is 2.06. The molecule has 0 radical (unpaired) electrons. The lowest BCUT2D eigenvalue weighted by Gasteiger charge is -2.18. The van der Waals surface area contributed by atoms with Gasteiger partial charge in [-0.2, -0.15) is 0 Å². The summed E-state index contributed by atoms with van der Waals surface area (Å²) in [5.41, 5.74) is 0. The number of rotatable bonds is 5. The van der Waals surface area contributed by atoms with Gasteiger partial charge in [-0.05, 0) is 40.8 Å². The van der Waals surface area contributed by atoms with E-state index in [-0.39, 0.29) is 5.97 Å². The predicted octanol–water partition coefficient (Wildman–Crippen LogP) is 4.71. The van der Waals surface area contributed by atoms with Crippen molar-refractivity contribution >= 4 is 27.5 Å². The summed E-state index contributed by atoms with van der Waals surface area (Å²) in [6.07, 6.45) is 0.923. The van der Waals surface area contributed by atoms with Gasteiger partial charge >= 0.3 is 5.97 Å². The van der Waals surface area contributed by atoms with Gasteiger partial charge in [0.1, 0.15) is 5.75 Å². The van der Waals surface area contributed by atoms with Crippen LogP contribution in [0.4, 0.5) is 0 Å². The molecule has 0 bridgehead atoms. The second-order valence-corrected chi connectivity index (χ2v) is 5.59. The summed E-state index contributed by atoms with van der Waals surface area (Å²) in [5.74, 6) is 0.391. The van der Waals surface area contributed by atoms with E-state index in [1.165, 1.54) is 12.5 Å². The maximum Gasteiger partial charge on any atom is 0.347 e. The van der Waals surface area contributed by atoms with E-state index in [4.69, 9.17) is 9.47 Å². The van der Waals surface area contributed by atoms with Crippen molar-refractivity contribution in [1.82, 2.24) is 0 Å². The van der Waals surface area contributed by atoms with E-state index < -0.39 is 6.10 Å². The van der Waals surface area contributed by atoms with Crippen molar-refractivity contribution in [2.24, 2.45) is 0 Å². The first-order valence-electron chi connectivity index (χ1n) is 7.89. The van der Waals surface area contributed by atoms with Crippen molar-refractivity contribution in [2.45, 2.75) is 25.9 Å². The number of esters is 1. The average Bonchev–Trinajstić information content (AvgIpc) is 2.59. The van der Waals surface area contributed by atoms with E-state index in [2.05, 4.69) is 30.3 Å². The third-order valence-electron chi connectivity index (χ3n) is 3.99. The number of hydrogen-bond acceptors (Lipinski definition) is 3. The first kappa shape index (κ1) is 15.3. The summed E-state index contributed by atoms with van der Waals surface area (Å²) in [4.78, 5) is 11.9. The second-order valence-electron chi connectivity index (χ2n) is 5.59. The molecule has 0 fully saturated rings. The maximum absolute atomic E-state index is 11.9. The molecule has 0 amide bonds. The number of carbonyl (C=O) groups is 1. The van der Waals surface area contributed by atoms with Gasteiger partial charge in [0.25, 0.3) is 0 Å². The van der Waals surface area contributed by atoms with Gasteiger partial charge in [-0.15, -0.1) is 0 Å². The molecule has 1 atom stereocenters. The summed E-state index contributed by atoms with van der Waals surface area (Å²) >= 11 is 0. The van der Waals surface area contributed by atoms with Crippen LogP contribution in [0.1, 0.15) is 19.8 Å². The Labute approximate surface area is 135 Å². The molecule has 0 aliphatic rings. The first-order valence-corrected chi connectivity index (χ1v) is 7.89. The maximum atomic E-state index is 11.9. The molecular weight excluding hydrogens is 288 g/mol. The summed E-state index contributed by atoms with van der Waals surface area (Å²) in [6.45, 7) is 2.02. The molecule has 3 aromatic rings. The van der Waals surface area contributed by atoms with Gasteiger partial charge < -0.3 is 9.47 Å². The van der Waals surface area contributed by atoms with Crippen LogP contribution in [0.2, 0.25) is 0 Å². The SMILES string of the molecule is CCCC(Oc1cccc2cc3ccccc3cc12)C(=O)OC. The third kappa shape index (κ3) is 3.14. The monoisotopic (exact) mass is 308 g/mol. The lowest BCUT2D eigenvalue weighted by Crippen LogP contribution is -2.28. The van der Waals surface area contributed by atoms with Crippen LogP contribution in [-0.2, 0) is 9.53 Å². The molecule has 1 unspecified atom stereocenters. The van der Waals surface area contributed by atoms with Gasteiger partial charge in [-0.1, -0.05) is 49.7 Å². The van der Waals surface area contributed by atoms with Crippen molar-refractivity contribution in [3.8, 4) is 5.75 Å². The number of hydrogen-bond donors (Lipinski definition) is 0. The third-order valence-corrected chi connectivity index (χ3v) is 3.99. The quantitative estimate of drug-likeness (QED) is 0.505. The topological polar surface area (TPSA) is 35.5 Å². The summed E-state index contributed by atoms with van der Waals surface area (Å²) in [7, 11) is 1.39. The standard InChI is InChI=1S/C20H20O3/c1-3-7-19(20(21)22-2)23-18-11-6-10-16-12-14-8-4-5-9-15(14)13-17(16)18/h4-6,8-13,19H,3,7H2,1-2H3. The molecule has 0 spiro atoms. The van der Waals surface area contributed by atoms with E-state index in [1.807, 2.05) is 31.2 Å². The van der Waals surface area contributed by atoms with Gasteiger partial charge in [0.15, 0.2) is 6.10 Å². The van der Waals surface area contributed by atoms with Crippen LogP contribution in [0, 0.1) is 0 Å². The molecule has 3 heteroatoms. The Morgan fingerprint density at radius 1 is 1.00 bits per heavy atom. The van der Waals surface area contributed by atoms with E-state index in [9.17, 15) is 4.79 Å². The van der Waals surface area contributed by atoms with Crippen LogP contribution in [0.15, 0.2) is 54.6 Å². The predicted molar refractivity (Wildman–Crippen MR) is 92.8 cm³/mol. The van der Waals surface area contributed by atoms with Crippen LogP contribution < -0.4 is 4.74 Å². The van der Waals surface area contributed by atoms with Crippen LogP contribution in [0.25, 0.3) is 21.5 Å².